The van der Waals surface area contributed by atoms with Crippen molar-refractivity contribution in [3.8, 4) is 22.5 Å². The highest BCUT2D eigenvalue weighted by molar-refractivity contribution is 5.97. The molecule has 0 radical (unpaired) electrons. The third kappa shape index (κ3) is 7.60. The number of nitrogens with zero attached hydrogens (tertiary/aromatic N) is 4. The van der Waals surface area contributed by atoms with Gasteiger partial charge in [-0.2, -0.15) is 0 Å². The summed E-state index contributed by atoms with van der Waals surface area (Å²) >= 11 is 0. The van der Waals surface area contributed by atoms with E-state index in [0.717, 1.165) is 68.8 Å². The zero-order valence-electron chi connectivity index (χ0n) is 32.5. The van der Waals surface area contributed by atoms with Gasteiger partial charge in [-0.3, -0.25) is 4.79 Å². The maximum atomic E-state index is 13.4. The predicted octanol–water partition coefficient (Wildman–Crippen LogP) is 7.32. The molecule has 2 aliphatic rings. The molecule has 5 atom stereocenters. The van der Waals surface area contributed by atoms with Gasteiger partial charge in [0.25, 0.3) is 0 Å². The van der Waals surface area contributed by atoms with Crippen molar-refractivity contribution in [1.29, 1.82) is 0 Å². The molecule has 57 heavy (non-hydrogen) atoms. The van der Waals surface area contributed by atoms with Crippen LogP contribution in [-0.2, 0) is 53.2 Å². The number of benzene rings is 4. The van der Waals surface area contributed by atoms with Gasteiger partial charge in [0.05, 0.1) is 40.8 Å². The van der Waals surface area contributed by atoms with Gasteiger partial charge in [-0.15, -0.1) is 0 Å². The Kier molecular flexibility index (Phi) is 10.5. The van der Waals surface area contributed by atoms with Crippen LogP contribution in [0.15, 0.2) is 84.9 Å². The van der Waals surface area contributed by atoms with Crippen LogP contribution in [0.1, 0.15) is 54.5 Å². The molecule has 0 bridgehead atoms. The number of hydrogen-bond acceptors (Lipinski definition) is 11. The molecule has 8 rings (SSSR count). The zero-order chi connectivity index (χ0) is 39.8. The van der Waals surface area contributed by atoms with Gasteiger partial charge in [0.2, 0.25) is 6.29 Å². The number of ether oxygens (including phenoxy) is 6. The second-order valence-corrected chi connectivity index (χ2v) is 14.5. The number of carbonyl (C=O) groups is 3. The summed E-state index contributed by atoms with van der Waals surface area (Å²) in [5.74, 6) is 0.812. The molecule has 1 unspecified atom stereocenters. The lowest BCUT2D eigenvalue weighted by atomic mass is 9.98. The van der Waals surface area contributed by atoms with Gasteiger partial charge in [0, 0.05) is 39.4 Å². The minimum atomic E-state index is -1.25. The molecule has 2 fully saturated rings. The van der Waals surface area contributed by atoms with Crippen LogP contribution < -0.4 is 0 Å². The van der Waals surface area contributed by atoms with Gasteiger partial charge in [-0.25, -0.2) is 19.6 Å². The van der Waals surface area contributed by atoms with Crippen LogP contribution in [0.5, 0.6) is 0 Å². The standard InChI is InChI=1S/C44H44N4O9/c1-6-11-38-46-39-25(2)20-30(42-45-33-14-9-10-15-34(33)47(42)5)21-35(39)48(38)22-28-16-18-29(19-17-28)31-12-7-8-13-32(31)43(50)55-27(4)56-44(51)57-37-24-53-40-36(54-26(3)49)23-52-41(37)40/h7-10,12-21,27,36-37,40-41H,6,11,22-24H2,1-5H3/t27?,36-,37-,40+,41+/m0/s1. The smallest absolute Gasteiger partial charge is 0.457 e. The van der Waals surface area contributed by atoms with Gasteiger partial charge in [-0.05, 0) is 65.9 Å². The summed E-state index contributed by atoms with van der Waals surface area (Å²) in [6, 6.07) is 27.7. The maximum Gasteiger partial charge on any atom is 0.511 e. The molecule has 0 spiro atoms. The summed E-state index contributed by atoms with van der Waals surface area (Å²) in [7, 11) is 2.05. The number of aromatic nitrogens is 4. The highest BCUT2D eigenvalue weighted by atomic mass is 16.8. The van der Waals surface area contributed by atoms with Crippen molar-refractivity contribution in [1.82, 2.24) is 19.1 Å². The molecule has 2 aliphatic heterocycles. The highest BCUT2D eigenvalue weighted by Crippen LogP contribution is 2.33. The Bertz CT molecular complexity index is 2470. The molecule has 0 aliphatic carbocycles. The number of carbonyl (C=O) groups excluding carboxylic acids is 3. The molecular formula is C44H44N4O9. The van der Waals surface area contributed by atoms with Gasteiger partial charge >= 0.3 is 18.1 Å². The first-order valence-corrected chi connectivity index (χ1v) is 19.2. The fraction of sp³-hybridized carbons (Fsp3) is 0.341. The third-order valence-corrected chi connectivity index (χ3v) is 10.5. The van der Waals surface area contributed by atoms with Gasteiger partial charge < -0.3 is 37.6 Å². The topological polar surface area (TPSA) is 142 Å². The van der Waals surface area contributed by atoms with Crippen LogP contribution in [0.3, 0.4) is 0 Å². The lowest BCUT2D eigenvalue weighted by Crippen LogP contribution is -2.36. The summed E-state index contributed by atoms with van der Waals surface area (Å²) in [6.45, 7) is 7.79. The fourth-order valence-electron chi connectivity index (χ4n) is 7.82. The van der Waals surface area contributed by atoms with Gasteiger partial charge in [0.1, 0.15) is 23.9 Å². The van der Waals surface area contributed by atoms with E-state index in [-0.39, 0.29) is 13.2 Å². The van der Waals surface area contributed by atoms with E-state index in [1.165, 1.54) is 13.8 Å². The molecule has 4 aromatic carbocycles. The molecule has 0 saturated carbocycles. The number of para-hydroxylation sites is 2. The maximum absolute atomic E-state index is 13.4. The van der Waals surface area contributed by atoms with E-state index in [2.05, 4.69) is 53.3 Å². The largest absolute Gasteiger partial charge is 0.511 e. The molecule has 13 nitrogen and oxygen atoms in total. The number of imidazole rings is 2. The molecule has 0 N–H and O–H groups in total. The summed E-state index contributed by atoms with van der Waals surface area (Å²) in [5, 5.41) is 0. The molecule has 2 saturated heterocycles. The van der Waals surface area contributed by atoms with Crippen molar-refractivity contribution < 1.29 is 42.8 Å². The van der Waals surface area contributed by atoms with E-state index in [1.807, 2.05) is 49.5 Å². The first-order chi connectivity index (χ1) is 27.6. The first-order valence-electron chi connectivity index (χ1n) is 19.2. The Hall–Kier alpha value is -6.05. The van der Waals surface area contributed by atoms with Crippen molar-refractivity contribution in [2.24, 2.45) is 7.05 Å². The van der Waals surface area contributed by atoms with Gasteiger partial charge in [-0.1, -0.05) is 61.5 Å². The van der Waals surface area contributed by atoms with Crippen molar-refractivity contribution in [2.75, 3.05) is 13.2 Å². The summed E-state index contributed by atoms with van der Waals surface area (Å²) in [4.78, 5) is 47.5. The Balaban J connectivity index is 0.959. The number of esters is 2. The van der Waals surface area contributed by atoms with Crippen LogP contribution in [0.2, 0.25) is 0 Å². The van der Waals surface area contributed by atoms with E-state index in [0.29, 0.717) is 17.7 Å². The van der Waals surface area contributed by atoms with Crippen LogP contribution in [-0.4, -0.2) is 81.1 Å². The summed E-state index contributed by atoms with van der Waals surface area (Å²) in [6.07, 6.45) is -3.00. The van der Waals surface area contributed by atoms with E-state index in [9.17, 15) is 14.4 Å². The van der Waals surface area contributed by atoms with Crippen LogP contribution in [0, 0.1) is 6.92 Å². The number of fused-ring (bicyclic) bond motifs is 3. The average Bonchev–Trinajstić information content (AvgIpc) is 3.96. The van der Waals surface area contributed by atoms with Crippen LogP contribution in [0.4, 0.5) is 4.79 Å². The number of rotatable bonds is 11. The molecule has 0 amide bonds. The SMILES string of the molecule is CCCc1nc2c(C)cc(-c3nc4ccccc4n3C)cc2n1Cc1ccc(-c2ccccc2C(=O)OC(C)OC(=O)O[C@H]2CO[C@H]3[C@@H]2OC[C@@H]3OC(C)=O)cc1. The minimum Gasteiger partial charge on any atom is -0.457 e. The molecule has 4 heterocycles. The second kappa shape index (κ2) is 15.8. The van der Waals surface area contributed by atoms with E-state index >= 15 is 0 Å². The van der Waals surface area contributed by atoms with E-state index in [1.54, 1.807) is 12.1 Å². The predicted molar refractivity (Wildman–Crippen MR) is 210 cm³/mol. The van der Waals surface area contributed by atoms with Crippen LogP contribution >= 0.6 is 0 Å². The highest BCUT2D eigenvalue weighted by Gasteiger charge is 2.51. The second-order valence-electron chi connectivity index (χ2n) is 14.5. The first kappa shape index (κ1) is 37.9. The summed E-state index contributed by atoms with van der Waals surface area (Å²) < 4.78 is 37.2. The Morgan fingerprint density at radius 3 is 2.26 bits per heavy atom. The Labute approximate surface area is 329 Å². The van der Waals surface area contributed by atoms with Gasteiger partial charge in [0.15, 0.2) is 12.2 Å². The Morgan fingerprint density at radius 2 is 1.54 bits per heavy atom. The fourth-order valence-corrected chi connectivity index (χ4v) is 7.82. The van der Waals surface area contributed by atoms with E-state index in [4.69, 9.17) is 38.4 Å². The van der Waals surface area contributed by atoms with Crippen molar-refractivity contribution >= 4 is 40.2 Å². The number of hydrogen-bond donors (Lipinski definition) is 0. The quantitative estimate of drug-likeness (QED) is 0.0743. The molecule has 294 valence electrons. The monoisotopic (exact) mass is 772 g/mol. The lowest BCUT2D eigenvalue weighted by molar-refractivity contribution is -0.151. The molecular weight excluding hydrogens is 729 g/mol. The van der Waals surface area contributed by atoms with E-state index < -0.39 is 48.8 Å². The molecule has 13 heteroatoms. The molecule has 2 aromatic heterocycles. The van der Waals surface area contributed by atoms with Crippen molar-refractivity contribution in [2.45, 2.75) is 77.8 Å². The minimum absolute atomic E-state index is 0.0472. The average molecular weight is 773 g/mol. The van der Waals surface area contributed by atoms with Crippen molar-refractivity contribution in [3.05, 3.63) is 107 Å². The summed E-state index contributed by atoms with van der Waals surface area (Å²) in [5.41, 5.74) is 9.08. The normalized spacial score (nSPS) is 19.4. The Morgan fingerprint density at radius 1 is 0.842 bits per heavy atom. The molecule has 6 aromatic rings. The zero-order valence-corrected chi connectivity index (χ0v) is 32.5. The number of aryl methyl sites for hydroxylation is 3. The van der Waals surface area contributed by atoms with Crippen LogP contribution in [0.25, 0.3) is 44.6 Å². The third-order valence-electron chi connectivity index (χ3n) is 10.5. The van der Waals surface area contributed by atoms with Crippen molar-refractivity contribution in [3.63, 3.8) is 0 Å². The lowest BCUT2D eigenvalue weighted by Gasteiger charge is -2.19.